The summed E-state index contributed by atoms with van der Waals surface area (Å²) in [5.74, 6) is 1.12. The highest BCUT2D eigenvalue weighted by atomic mass is 16.2. The molecule has 0 spiro atoms. The Hall–Kier alpha value is -0.610. The van der Waals surface area contributed by atoms with E-state index in [1.165, 1.54) is 25.7 Å². The van der Waals surface area contributed by atoms with Crippen LogP contribution in [0.1, 0.15) is 32.1 Å². The van der Waals surface area contributed by atoms with Gasteiger partial charge in [-0.1, -0.05) is 6.42 Å². The van der Waals surface area contributed by atoms with Crippen LogP contribution in [0.5, 0.6) is 0 Å². The molecule has 4 heteroatoms. The van der Waals surface area contributed by atoms with Crippen LogP contribution in [0, 0.1) is 5.92 Å². The lowest BCUT2D eigenvalue weighted by Gasteiger charge is -2.33. The summed E-state index contributed by atoms with van der Waals surface area (Å²) in [6.45, 7) is 6.47. The van der Waals surface area contributed by atoms with Gasteiger partial charge in [-0.15, -0.1) is 0 Å². The molecule has 1 atom stereocenters. The molecule has 0 bridgehead atoms. The highest BCUT2D eigenvalue weighted by Crippen LogP contribution is 2.30. The Labute approximate surface area is 110 Å². The molecule has 2 aliphatic heterocycles. The fraction of sp³-hybridized carbons (Fsp3) is 0.929. The molecule has 1 N–H and O–H groups in total. The third-order valence-corrected chi connectivity index (χ3v) is 4.87. The summed E-state index contributed by atoms with van der Waals surface area (Å²) in [5, 5.41) is 3.39. The van der Waals surface area contributed by atoms with Crippen molar-refractivity contribution in [3.05, 3.63) is 0 Å². The zero-order valence-corrected chi connectivity index (χ0v) is 11.2. The second kappa shape index (κ2) is 5.57. The first-order chi connectivity index (χ1) is 8.83. The molecule has 1 saturated carbocycles. The van der Waals surface area contributed by atoms with Crippen LogP contribution in [0.25, 0.3) is 0 Å². The summed E-state index contributed by atoms with van der Waals surface area (Å²) in [5.41, 5.74) is 0. The second-order valence-electron chi connectivity index (χ2n) is 6.07. The Bertz CT molecular complexity index is 297. The Kier molecular flexibility index (Phi) is 3.85. The van der Waals surface area contributed by atoms with E-state index in [9.17, 15) is 4.79 Å². The van der Waals surface area contributed by atoms with Crippen LogP contribution in [0.3, 0.4) is 0 Å². The number of likely N-dealkylation sites (tertiary alicyclic amines) is 1. The highest BCUT2D eigenvalue weighted by Gasteiger charge is 2.32. The molecule has 1 amide bonds. The van der Waals surface area contributed by atoms with E-state index in [-0.39, 0.29) is 0 Å². The van der Waals surface area contributed by atoms with Gasteiger partial charge in [0.05, 0.1) is 0 Å². The van der Waals surface area contributed by atoms with Gasteiger partial charge in [0.2, 0.25) is 5.91 Å². The topological polar surface area (TPSA) is 35.6 Å². The van der Waals surface area contributed by atoms with Crippen LogP contribution in [0.2, 0.25) is 0 Å². The first kappa shape index (κ1) is 12.4. The van der Waals surface area contributed by atoms with Crippen LogP contribution in [0.4, 0.5) is 0 Å². The fourth-order valence-corrected chi connectivity index (χ4v) is 3.39. The van der Waals surface area contributed by atoms with E-state index in [2.05, 4.69) is 15.1 Å². The zero-order chi connectivity index (χ0) is 12.4. The van der Waals surface area contributed by atoms with E-state index >= 15 is 0 Å². The molecule has 18 heavy (non-hydrogen) atoms. The normalized spacial score (nSPS) is 30.4. The molecule has 3 fully saturated rings. The minimum absolute atomic E-state index is 0.414. The molecule has 0 aromatic carbocycles. The summed E-state index contributed by atoms with van der Waals surface area (Å²) in [6, 6.07) is 0.623. The summed E-state index contributed by atoms with van der Waals surface area (Å²) in [4.78, 5) is 16.9. The summed E-state index contributed by atoms with van der Waals surface area (Å²) in [7, 11) is 0. The Balaban J connectivity index is 1.46. The molecule has 1 aliphatic carbocycles. The average Bonchev–Trinajstić information content (AvgIpc) is 2.84. The van der Waals surface area contributed by atoms with Crippen LogP contribution < -0.4 is 5.32 Å². The molecule has 102 valence electrons. The average molecular weight is 251 g/mol. The van der Waals surface area contributed by atoms with Crippen molar-refractivity contribution in [2.45, 2.75) is 38.1 Å². The van der Waals surface area contributed by atoms with Gasteiger partial charge in [0.15, 0.2) is 0 Å². The maximum atomic E-state index is 12.2. The third kappa shape index (κ3) is 2.69. The van der Waals surface area contributed by atoms with Crippen molar-refractivity contribution >= 4 is 5.91 Å². The van der Waals surface area contributed by atoms with E-state index in [1.807, 2.05) is 0 Å². The molecule has 3 aliphatic rings. The zero-order valence-electron chi connectivity index (χ0n) is 11.2. The van der Waals surface area contributed by atoms with Gasteiger partial charge in [0, 0.05) is 51.7 Å². The summed E-state index contributed by atoms with van der Waals surface area (Å²) < 4.78 is 0. The van der Waals surface area contributed by atoms with E-state index in [1.54, 1.807) is 0 Å². The smallest absolute Gasteiger partial charge is 0.222 e. The maximum absolute atomic E-state index is 12.2. The molecule has 2 heterocycles. The number of carbonyl (C=O) groups is 1. The summed E-state index contributed by atoms with van der Waals surface area (Å²) in [6.07, 6.45) is 5.88. The summed E-state index contributed by atoms with van der Waals surface area (Å²) >= 11 is 0. The molecule has 3 rings (SSSR count). The van der Waals surface area contributed by atoms with Crippen LogP contribution >= 0.6 is 0 Å². The lowest BCUT2D eigenvalue weighted by Crippen LogP contribution is -2.49. The Morgan fingerprint density at radius 2 is 1.89 bits per heavy atom. The number of nitrogens with one attached hydrogen (secondary N) is 1. The number of carbonyl (C=O) groups excluding carboxylic acids is 1. The van der Waals surface area contributed by atoms with Gasteiger partial charge in [-0.2, -0.15) is 0 Å². The number of hydrogen-bond donors (Lipinski definition) is 1. The molecule has 0 aromatic rings. The molecule has 2 saturated heterocycles. The van der Waals surface area contributed by atoms with Gasteiger partial charge in [0.1, 0.15) is 0 Å². The quantitative estimate of drug-likeness (QED) is 0.801. The molecule has 4 nitrogen and oxygen atoms in total. The minimum atomic E-state index is 0.414. The standard InChI is InChI=1S/C14H25N3O/c18-14(10-12-2-1-3-12)17-7-4-13(11-17)16-8-5-15-6-9-16/h12-13,15H,1-11H2. The maximum Gasteiger partial charge on any atom is 0.222 e. The highest BCUT2D eigenvalue weighted by molar-refractivity contribution is 5.76. The van der Waals surface area contributed by atoms with Crippen molar-refractivity contribution < 1.29 is 4.79 Å². The molecular weight excluding hydrogens is 226 g/mol. The van der Waals surface area contributed by atoms with E-state index in [0.29, 0.717) is 17.9 Å². The van der Waals surface area contributed by atoms with Gasteiger partial charge in [0.25, 0.3) is 0 Å². The lowest BCUT2D eigenvalue weighted by atomic mass is 9.83. The molecule has 1 unspecified atom stereocenters. The van der Waals surface area contributed by atoms with Crippen molar-refractivity contribution in [3.8, 4) is 0 Å². The van der Waals surface area contributed by atoms with Crippen molar-refractivity contribution in [1.82, 2.24) is 15.1 Å². The number of rotatable bonds is 3. The van der Waals surface area contributed by atoms with Crippen molar-refractivity contribution in [1.29, 1.82) is 0 Å². The number of piperazine rings is 1. The van der Waals surface area contributed by atoms with E-state index in [4.69, 9.17) is 0 Å². The van der Waals surface area contributed by atoms with Gasteiger partial charge in [-0.3, -0.25) is 9.69 Å². The van der Waals surface area contributed by atoms with Crippen molar-refractivity contribution in [2.24, 2.45) is 5.92 Å². The Morgan fingerprint density at radius 1 is 1.11 bits per heavy atom. The van der Waals surface area contributed by atoms with Crippen LogP contribution in [0.15, 0.2) is 0 Å². The van der Waals surface area contributed by atoms with Crippen molar-refractivity contribution in [2.75, 3.05) is 39.3 Å². The number of hydrogen-bond acceptors (Lipinski definition) is 3. The molecule has 0 radical (unpaired) electrons. The number of nitrogens with zero attached hydrogens (tertiary/aromatic N) is 2. The first-order valence-electron chi connectivity index (χ1n) is 7.55. The van der Waals surface area contributed by atoms with Crippen LogP contribution in [-0.4, -0.2) is 61.0 Å². The molecular formula is C14H25N3O. The Morgan fingerprint density at radius 3 is 2.56 bits per heavy atom. The third-order valence-electron chi connectivity index (χ3n) is 4.87. The largest absolute Gasteiger partial charge is 0.341 e. The van der Waals surface area contributed by atoms with Crippen LogP contribution in [-0.2, 0) is 4.79 Å². The van der Waals surface area contributed by atoms with E-state index < -0.39 is 0 Å². The predicted molar refractivity (Wildman–Crippen MR) is 71.4 cm³/mol. The van der Waals surface area contributed by atoms with E-state index in [0.717, 1.165) is 45.7 Å². The lowest BCUT2D eigenvalue weighted by molar-refractivity contribution is -0.132. The van der Waals surface area contributed by atoms with Gasteiger partial charge >= 0.3 is 0 Å². The number of amides is 1. The first-order valence-corrected chi connectivity index (χ1v) is 7.55. The van der Waals surface area contributed by atoms with Gasteiger partial charge < -0.3 is 10.2 Å². The van der Waals surface area contributed by atoms with Gasteiger partial charge in [-0.25, -0.2) is 0 Å². The van der Waals surface area contributed by atoms with Crippen molar-refractivity contribution in [3.63, 3.8) is 0 Å². The second-order valence-corrected chi connectivity index (χ2v) is 6.07. The molecule has 0 aromatic heterocycles. The predicted octanol–water partition coefficient (Wildman–Crippen LogP) is 0.683. The SMILES string of the molecule is O=C(CC1CCC1)N1CCC(N2CCNCC2)C1. The monoisotopic (exact) mass is 251 g/mol. The van der Waals surface area contributed by atoms with Gasteiger partial charge in [-0.05, 0) is 25.2 Å². The minimum Gasteiger partial charge on any atom is -0.341 e. The fourth-order valence-electron chi connectivity index (χ4n) is 3.39.